The Morgan fingerprint density at radius 3 is 2.48 bits per heavy atom. The fourth-order valence-electron chi connectivity index (χ4n) is 3.15. The molecule has 1 aromatic carbocycles. The molecule has 0 bridgehead atoms. The van der Waals surface area contributed by atoms with E-state index in [0.717, 1.165) is 37.9 Å². The third kappa shape index (κ3) is 5.44. The lowest BCUT2D eigenvalue weighted by atomic mass is 9.95. The zero-order valence-electron chi connectivity index (χ0n) is 14.1. The molecule has 0 radical (unpaired) electrons. The molecule has 0 spiro atoms. The maximum Gasteiger partial charge on any atom is 0.0233 e. The zero-order valence-corrected chi connectivity index (χ0v) is 14.1. The van der Waals surface area contributed by atoms with Gasteiger partial charge in [-0.15, -0.1) is 0 Å². The first-order chi connectivity index (χ1) is 10.2. The number of rotatable bonds is 8. The number of hydrogen-bond acceptors (Lipinski definition) is 2. The molecule has 2 heteroatoms. The van der Waals surface area contributed by atoms with E-state index in [0.29, 0.717) is 0 Å². The molecule has 118 valence electrons. The second-order valence-corrected chi connectivity index (χ2v) is 6.84. The van der Waals surface area contributed by atoms with E-state index in [1.54, 1.807) is 0 Å². The van der Waals surface area contributed by atoms with Gasteiger partial charge in [-0.25, -0.2) is 0 Å². The normalized spacial score (nSPS) is 19.5. The van der Waals surface area contributed by atoms with Crippen molar-refractivity contribution in [1.29, 1.82) is 0 Å². The summed E-state index contributed by atoms with van der Waals surface area (Å²) in [5.74, 6) is 1.72. The van der Waals surface area contributed by atoms with E-state index in [2.05, 4.69) is 55.3 Å². The van der Waals surface area contributed by atoms with Crippen LogP contribution in [0, 0.1) is 11.8 Å². The average molecular weight is 288 g/mol. The highest BCUT2D eigenvalue weighted by Gasteiger charge is 2.24. The summed E-state index contributed by atoms with van der Waals surface area (Å²) < 4.78 is 0. The summed E-state index contributed by atoms with van der Waals surface area (Å²) in [4.78, 5) is 2.61. The second-order valence-electron chi connectivity index (χ2n) is 6.84. The quantitative estimate of drug-likeness (QED) is 0.734. The SMILES string of the molecule is CCCNCCc1ccc(CN2CCC(C(C)C)C2)cc1. The second kappa shape index (κ2) is 8.55. The summed E-state index contributed by atoms with van der Waals surface area (Å²) in [6, 6.07) is 9.24. The summed E-state index contributed by atoms with van der Waals surface area (Å²) in [5.41, 5.74) is 2.91. The van der Waals surface area contributed by atoms with Gasteiger partial charge in [0.2, 0.25) is 0 Å². The van der Waals surface area contributed by atoms with E-state index in [1.165, 1.54) is 37.1 Å². The Hall–Kier alpha value is -0.860. The monoisotopic (exact) mass is 288 g/mol. The van der Waals surface area contributed by atoms with Crippen LogP contribution in [0.3, 0.4) is 0 Å². The van der Waals surface area contributed by atoms with E-state index in [4.69, 9.17) is 0 Å². The van der Waals surface area contributed by atoms with Crippen molar-refractivity contribution in [2.24, 2.45) is 11.8 Å². The van der Waals surface area contributed by atoms with E-state index < -0.39 is 0 Å². The van der Waals surface area contributed by atoms with Crippen LogP contribution in [0.4, 0.5) is 0 Å². The van der Waals surface area contributed by atoms with Crippen molar-refractivity contribution >= 4 is 0 Å². The lowest BCUT2D eigenvalue weighted by Crippen LogP contribution is -2.21. The molecule has 1 saturated heterocycles. The first-order valence-electron chi connectivity index (χ1n) is 8.70. The van der Waals surface area contributed by atoms with Gasteiger partial charge >= 0.3 is 0 Å². The van der Waals surface area contributed by atoms with Crippen LogP contribution in [-0.4, -0.2) is 31.1 Å². The first kappa shape index (κ1) is 16.5. The minimum absolute atomic E-state index is 0.827. The Labute approximate surface area is 130 Å². The Morgan fingerprint density at radius 2 is 1.86 bits per heavy atom. The van der Waals surface area contributed by atoms with Gasteiger partial charge in [0.05, 0.1) is 0 Å². The molecule has 1 aliphatic heterocycles. The predicted octanol–water partition coefficient (Wildman–Crippen LogP) is 3.71. The molecule has 2 nitrogen and oxygen atoms in total. The molecule has 0 aromatic heterocycles. The molecule has 1 fully saturated rings. The van der Waals surface area contributed by atoms with Crippen LogP contribution in [0.15, 0.2) is 24.3 Å². The lowest BCUT2D eigenvalue weighted by Gasteiger charge is -2.18. The van der Waals surface area contributed by atoms with E-state index in [1.807, 2.05) is 0 Å². The molecule has 0 aliphatic carbocycles. The van der Waals surface area contributed by atoms with Gasteiger partial charge in [0, 0.05) is 13.1 Å². The molecule has 1 unspecified atom stereocenters. The molecule has 1 heterocycles. The van der Waals surface area contributed by atoms with Crippen molar-refractivity contribution < 1.29 is 0 Å². The number of nitrogens with zero attached hydrogens (tertiary/aromatic N) is 1. The van der Waals surface area contributed by atoms with Crippen LogP contribution in [0.1, 0.15) is 44.7 Å². The fourth-order valence-corrected chi connectivity index (χ4v) is 3.15. The molecular formula is C19H32N2. The highest BCUT2D eigenvalue weighted by atomic mass is 15.1. The fraction of sp³-hybridized carbons (Fsp3) is 0.684. The topological polar surface area (TPSA) is 15.3 Å². The largest absolute Gasteiger partial charge is 0.316 e. The van der Waals surface area contributed by atoms with E-state index in [9.17, 15) is 0 Å². The highest BCUT2D eigenvalue weighted by Crippen LogP contribution is 2.24. The Kier molecular flexibility index (Phi) is 6.72. The smallest absolute Gasteiger partial charge is 0.0233 e. The standard InChI is InChI=1S/C19H32N2/c1-4-11-20-12-9-17-5-7-18(8-6-17)14-21-13-10-19(15-21)16(2)3/h5-8,16,19-20H,4,9-15H2,1-3H3. The summed E-state index contributed by atoms with van der Waals surface area (Å²) in [6.07, 6.45) is 3.73. The Bertz CT molecular complexity index is 397. The number of benzene rings is 1. The molecule has 0 amide bonds. The molecular weight excluding hydrogens is 256 g/mol. The van der Waals surface area contributed by atoms with Gasteiger partial charge < -0.3 is 5.32 Å². The van der Waals surface area contributed by atoms with Crippen LogP contribution in [0.5, 0.6) is 0 Å². The molecule has 21 heavy (non-hydrogen) atoms. The van der Waals surface area contributed by atoms with Gasteiger partial charge in [-0.2, -0.15) is 0 Å². The van der Waals surface area contributed by atoms with Gasteiger partial charge in [0.15, 0.2) is 0 Å². The molecule has 0 saturated carbocycles. The van der Waals surface area contributed by atoms with Crippen molar-refractivity contribution in [2.75, 3.05) is 26.2 Å². The van der Waals surface area contributed by atoms with Crippen molar-refractivity contribution in [3.05, 3.63) is 35.4 Å². The van der Waals surface area contributed by atoms with Gasteiger partial charge in [-0.3, -0.25) is 4.90 Å². The first-order valence-corrected chi connectivity index (χ1v) is 8.70. The van der Waals surface area contributed by atoms with Crippen LogP contribution in [-0.2, 0) is 13.0 Å². The Morgan fingerprint density at radius 1 is 1.14 bits per heavy atom. The minimum Gasteiger partial charge on any atom is -0.316 e. The zero-order chi connectivity index (χ0) is 15.1. The molecule has 1 aliphatic rings. The lowest BCUT2D eigenvalue weighted by molar-refractivity contribution is 0.297. The van der Waals surface area contributed by atoms with Crippen molar-refractivity contribution in [3.63, 3.8) is 0 Å². The van der Waals surface area contributed by atoms with Crippen LogP contribution in [0.2, 0.25) is 0 Å². The Balaban J connectivity index is 1.75. The summed E-state index contributed by atoms with van der Waals surface area (Å²) in [7, 11) is 0. The van der Waals surface area contributed by atoms with Crippen molar-refractivity contribution in [1.82, 2.24) is 10.2 Å². The molecule has 2 rings (SSSR count). The van der Waals surface area contributed by atoms with E-state index >= 15 is 0 Å². The van der Waals surface area contributed by atoms with Crippen molar-refractivity contribution in [2.45, 2.75) is 46.6 Å². The number of hydrogen-bond donors (Lipinski definition) is 1. The summed E-state index contributed by atoms with van der Waals surface area (Å²) in [5, 5.41) is 3.46. The molecule has 1 atom stereocenters. The van der Waals surface area contributed by atoms with Gasteiger partial charge in [0.25, 0.3) is 0 Å². The van der Waals surface area contributed by atoms with Gasteiger partial charge in [-0.05, 0) is 61.9 Å². The maximum absolute atomic E-state index is 3.46. The average Bonchev–Trinajstić information content (AvgIpc) is 2.94. The van der Waals surface area contributed by atoms with Crippen LogP contribution >= 0.6 is 0 Å². The summed E-state index contributed by atoms with van der Waals surface area (Å²) >= 11 is 0. The van der Waals surface area contributed by atoms with Crippen LogP contribution < -0.4 is 5.32 Å². The third-order valence-corrected chi connectivity index (χ3v) is 4.70. The van der Waals surface area contributed by atoms with Gasteiger partial charge in [0.1, 0.15) is 0 Å². The molecule has 1 N–H and O–H groups in total. The van der Waals surface area contributed by atoms with E-state index in [-0.39, 0.29) is 0 Å². The molecule has 1 aromatic rings. The maximum atomic E-state index is 3.46. The highest BCUT2D eigenvalue weighted by molar-refractivity contribution is 5.22. The van der Waals surface area contributed by atoms with Crippen molar-refractivity contribution in [3.8, 4) is 0 Å². The minimum atomic E-state index is 0.827. The van der Waals surface area contributed by atoms with Crippen LogP contribution in [0.25, 0.3) is 0 Å². The number of nitrogens with one attached hydrogen (secondary N) is 1. The van der Waals surface area contributed by atoms with Gasteiger partial charge in [-0.1, -0.05) is 45.0 Å². The predicted molar refractivity (Wildman–Crippen MR) is 91.5 cm³/mol. The summed E-state index contributed by atoms with van der Waals surface area (Å²) in [6.45, 7) is 12.8. The number of likely N-dealkylation sites (tertiary alicyclic amines) is 1. The third-order valence-electron chi connectivity index (χ3n) is 4.70.